The number of piperidine rings is 1. The van der Waals surface area contributed by atoms with Crippen molar-refractivity contribution in [1.82, 2.24) is 9.80 Å². The van der Waals surface area contributed by atoms with E-state index in [4.69, 9.17) is 9.47 Å². The van der Waals surface area contributed by atoms with Gasteiger partial charge in [0.05, 0.1) is 16.7 Å². The SMILES string of the molecule is Cc1ccc(OC(C)C(=O)N2CCC(CN3CC(C)OC(C)C3)CC2)c(Br)c1. The number of amides is 1. The molecule has 0 N–H and O–H groups in total. The maximum atomic E-state index is 12.8. The van der Waals surface area contributed by atoms with Crippen LogP contribution in [0.3, 0.4) is 0 Å². The number of benzene rings is 1. The van der Waals surface area contributed by atoms with Crippen molar-refractivity contribution >= 4 is 21.8 Å². The monoisotopic (exact) mass is 452 g/mol. The van der Waals surface area contributed by atoms with E-state index in [1.165, 1.54) is 0 Å². The molecular formula is C22H33BrN2O3. The second-order valence-corrected chi connectivity index (χ2v) is 9.29. The van der Waals surface area contributed by atoms with Crippen LogP contribution < -0.4 is 4.74 Å². The molecule has 1 aromatic carbocycles. The number of carbonyl (C=O) groups excluding carboxylic acids is 1. The van der Waals surface area contributed by atoms with Crippen LogP contribution in [0.5, 0.6) is 5.75 Å². The number of ether oxygens (including phenoxy) is 2. The molecule has 3 rings (SSSR count). The molecule has 0 aliphatic carbocycles. The summed E-state index contributed by atoms with van der Waals surface area (Å²) in [4.78, 5) is 17.3. The molecule has 2 heterocycles. The standard InChI is InChI=1S/C22H33BrN2O3/c1-15-5-6-21(20(23)11-15)28-18(4)22(26)25-9-7-19(8-10-25)14-24-12-16(2)27-17(3)13-24/h5-6,11,16-19H,7-10,12-14H2,1-4H3. The van der Waals surface area contributed by atoms with Gasteiger partial charge in [-0.3, -0.25) is 9.69 Å². The quantitative estimate of drug-likeness (QED) is 0.679. The Hall–Kier alpha value is -1.11. The fourth-order valence-electron chi connectivity index (χ4n) is 4.33. The highest BCUT2D eigenvalue weighted by Crippen LogP contribution is 2.27. The summed E-state index contributed by atoms with van der Waals surface area (Å²) >= 11 is 3.52. The van der Waals surface area contributed by atoms with Crippen molar-refractivity contribution in [2.75, 3.05) is 32.7 Å². The lowest BCUT2D eigenvalue weighted by Gasteiger charge is -2.39. The fraction of sp³-hybridized carbons (Fsp3) is 0.682. The minimum Gasteiger partial charge on any atom is -0.480 e. The van der Waals surface area contributed by atoms with Gasteiger partial charge in [-0.2, -0.15) is 0 Å². The molecule has 1 aromatic rings. The van der Waals surface area contributed by atoms with Crippen LogP contribution in [-0.2, 0) is 9.53 Å². The summed E-state index contributed by atoms with van der Waals surface area (Å²) in [5, 5.41) is 0. The summed E-state index contributed by atoms with van der Waals surface area (Å²) in [5.41, 5.74) is 1.16. The zero-order valence-electron chi connectivity index (χ0n) is 17.5. The Kier molecular flexibility index (Phi) is 7.40. The van der Waals surface area contributed by atoms with Crippen LogP contribution in [0, 0.1) is 12.8 Å². The number of rotatable bonds is 5. The highest BCUT2D eigenvalue weighted by atomic mass is 79.9. The number of morpholine rings is 1. The van der Waals surface area contributed by atoms with Gasteiger partial charge in [0.15, 0.2) is 6.10 Å². The van der Waals surface area contributed by atoms with Gasteiger partial charge in [0.2, 0.25) is 0 Å². The summed E-state index contributed by atoms with van der Waals surface area (Å²) in [6.07, 6.45) is 2.27. The number of nitrogens with zero attached hydrogens (tertiary/aromatic N) is 2. The lowest BCUT2D eigenvalue weighted by molar-refractivity contribution is -0.139. The number of hydrogen-bond donors (Lipinski definition) is 0. The zero-order chi connectivity index (χ0) is 20.3. The van der Waals surface area contributed by atoms with E-state index in [0.29, 0.717) is 18.1 Å². The molecule has 0 spiro atoms. The molecule has 0 bridgehead atoms. The van der Waals surface area contributed by atoms with Gasteiger partial charge in [-0.05, 0) is 80.1 Å². The van der Waals surface area contributed by atoms with Crippen LogP contribution in [0.1, 0.15) is 39.2 Å². The molecule has 3 atom stereocenters. The summed E-state index contributed by atoms with van der Waals surface area (Å²) in [6, 6.07) is 5.92. The number of likely N-dealkylation sites (tertiary alicyclic amines) is 1. The minimum absolute atomic E-state index is 0.0829. The van der Waals surface area contributed by atoms with Gasteiger partial charge in [-0.25, -0.2) is 0 Å². The van der Waals surface area contributed by atoms with Crippen molar-refractivity contribution in [2.45, 2.75) is 58.8 Å². The first-order valence-corrected chi connectivity index (χ1v) is 11.2. The molecule has 2 aliphatic heterocycles. The first-order valence-electron chi connectivity index (χ1n) is 10.4. The summed E-state index contributed by atoms with van der Waals surface area (Å²) < 4.78 is 12.6. The maximum absolute atomic E-state index is 12.8. The van der Waals surface area contributed by atoms with Crippen molar-refractivity contribution < 1.29 is 14.3 Å². The molecule has 0 radical (unpaired) electrons. The lowest BCUT2D eigenvalue weighted by Crippen LogP contribution is -2.49. The van der Waals surface area contributed by atoms with Crippen LogP contribution in [0.4, 0.5) is 0 Å². The Balaban J connectivity index is 1.46. The van der Waals surface area contributed by atoms with E-state index in [9.17, 15) is 4.79 Å². The van der Waals surface area contributed by atoms with Crippen LogP contribution in [0.15, 0.2) is 22.7 Å². The van der Waals surface area contributed by atoms with E-state index in [2.05, 4.69) is 34.7 Å². The summed E-state index contributed by atoms with van der Waals surface area (Å²) in [7, 11) is 0. The highest BCUT2D eigenvalue weighted by molar-refractivity contribution is 9.10. The Morgan fingerprint density at radius 2 is 1.89 bits per heavy atom. The van der Waals surface area contributed by atoms with Gasteiger partial charge in [0.25, 0.3) is 5.91 Å². The molecule has 5 nitrogen and oxygen atoms in total. The third kappa shape index (κ3) is 5.71. The molecule has 2 aliphatic rings. The molecule has 6 heteroatoms. The number of hydrogen-bond acceptors (Lipinski definition) is 4. The van der Waals surface area contributed by atoms with E-state index in [0.717, 1.165) is 61.4 Å². The predicted molar refractivity (Wildman–Crippen MR) is 115 cm³/mol. The average molecular weight is 453 g/mol. The Morgan fingerprint density at radius 3 is 2.50 bits per heavy atom. The lowest BCUT2D eigenvalue weighted by atomic mass is 9.95. The predicted octanol–water partition coefficient (Wildman–Crippen LogP) is 3.87. The van der Waals surface area contributed by atoms with E-state index in [1.807, 2.05) is 36.9 Å². The van der Waals surface area contributed by atoms with Crippen LogP contribution >= 0.6 is 15.9 Å². The van der Waals surface area contributed by atoms with Crippen molar-refractivity contribution in [3.8, 4) is 5.75 Å². The summed E-state index contributed by atoms with van der Waals surface area (Å²) in [5.74, 6) is 1.46. The second kappa shape index (κ2) is 9.59. The molecule has 156 valence electrons. The van der Waals surface area contributed by atoms with Crippen molar-refractivity contribution in [3.05, 3.63) is 28.2 Å². The van der Waals surface area contributed by atoms with Gasteiger partial charge in [-0.15, -0.1) is 0 Å². The van der Waals surface area contributed by atoms with Gasteiger partial charge in [0.1, 0.15) is 5.75 Å². The number of carbonyl (C=O) groups is 1. The van der Waals surface area contributed by atoms with E-state index < -0.39 is 6.10 Å². The largest absolute Gasteiger partial charge is 0.480 e. The van der Waals surface area contributed by atoms with Gasteiger partial charge < -0.3 is 14.4 Å². The number of halogens is 1. The van der Waals surface area contributed by atoms with Crippen LogP contribution in [-0.4, -0.2) is 66.7 Å². The molecular weight excluding hydrogens is 420 g/mol. The van der Waals surface area contributed by atoms with Crippen LogP contribution in [0.25, 0.3) is 0 Å². The van der Waals surface area contributed by atoms with E-state index in [-0.39, 0.29) is 5.91 Å². The fourth-order valence-corrected chi connectivity index (χ4v) is 4.92. The Bertz CT molecular complexity index is 666. The van der Waals surface area contributed by atoms with Crippen LogP contribution in [0.2, 0.25) is 0 Å². The molecule has 1 amide bonds. The van der Waals surface area contributed by atoms with Crippen molar-refractivity contribution in [2.24, 2.45) is 5.92 Å². The molecule has 28 heavy (non-hydrogen) atoms. The third-order valence-corrected chi connectivity index (χ3v) is 6.30. The Labute approximate surface area is 177 Å². The van der Waals surface area contributed by atoms with Crippen molar-refractivity contribution in [3.63, 3.8) is 0 Å². The van der Waals surface area contributed by atoms with E-state index in [1.54, 1.807) is 0 Å². The molecule has 3 unspecified atom stereocenters. The Morgan fingerprint density at radius 1 is 1.25 bits per heavy atom. The second-order valence-electron chi connectivity index (χ2n) is 8.44. The molecule has 2 saturated heterocycles. The smallest absolute Gasteiger partial charge is 0.263 e. The topological polar surface area (TPSA) is 42.0 Å². The normalized spacial score (nSPS) is 25.5. The molecule has 2 fully saturated rings. The highest BCUT2D eigenvalue weighted by Gasteiger charge is 2.30. The van der Waals surface area contributed by atoms with Gasteiger partial charge in [0, 0.05) is 32.7 Å². The van der Waals surface area contributed by atoms with Crippen molar-refractivity contribution in [1.29, 1.82) is 0 Å². The number of aryl methyl sites for hydroxylation is 1. The molecule has 0 aromatic heterocycles. The average Bonchev–Trinajstić information content (AvgIpc) is 2.63. The first kappa shape index (κ1) is 21.6. The maximum Gasteiger partial charge on any atom is 0.263 e. The molecule has 0 saturated carbocycles. The zero-order valence-corrected chi connectivity index (χ0v) is 19.1. The van der Waals surface area contributed by atoms with Gasteiger partial charge in [-0.1, -0.05) is 6.07 Å². The van der Waals surface area contributed by atoms with E-state index >= 15 is 0 Å². The third-order valence-electron chi connectivity index (χ3n) is 5.68. The minimum atomic E-state index is -0.475. The first-order chi connectivity index (χ1) is 13.3. The summed E-state index contributed by atoms with van der Waals surface area (Å²) in [6.45, 7) is 13.0. The van der Waals surface area contributed by atoms with Gasteiger partial charge >= 0.3 is 0 Å².